The first kappa shape index (κ1) is 11.9. The van der Waals surface area contributed by atoms with Gasteiger partial charge in [-0.05, 0) is 25.8 Å². The maximum Gasteiger partial charge on any atom is 0.107 e. The van der Waals surface area contributed by atoms with Gasteiger partial charge < -0.3 is 4.74 Å². The van der Waals surface area contributed by atoms with Crippen LogP contribution >= 0.6 is 0 Å². The topological polar surface area (TPSA) is 21.3 Å². The van der Waals surface area contributed by atoms with Crippen LogP contribution in [0.5, 0.6) is 0 Å². The van der Waals surface area contributed by atoms with Crippen molar-refractivity contribution in [2.75, 3.05) is 13.2 Å². The lowest BCUT2D eigenvalue weighted by atomic mass is 10.3. The average molecular weight is 173 g/mol. The molecule has 0 aromatic rings. The normalized spacial score (nSPS) is 13.2. The summed E-state index contributed by atoms with van der Waals surface area (Å²) in [5.74, 6) is 0. The van der Waals surface area contributed by atoms with Crippen LogP contribution in [0.15, 0.2) is 0 Å². The van der Waals surface area contributed by atoms with Gasteiger partial charge in [-0.2, -0.15) is 0 Å². The molecule has 0 saturated carbocycles. The largest absolute Gasteiger partial charge is 0.363 e. The SMILES string of the molecule is CCCCOC(CC)NCCC. The Morgan fingerprint density at radius 2 is 1.92 bits per heavy atom. The summed E-state index contributed by atoms with van der Waals surface area (Å²) in [5, 5.41) is 3.36. The molecule has 2 heteroatoms. The highest BCUT2D eigenvalue weighted by Gasteiger charge is 2.02. The molecule has 1 atom stereocenters. The van der Waals surface area contributed by atoms with Crippen LogP contribution in [-0.2, 0) is 4.74 Å². The van der Waals surface area contributed by atoms with Gasteiger partial charge in [-0.15, -0.1) is 0 Å². The van der Waals surface area contributed by atoms with E-state index in [0.717, 1.165) is 19.6 Å². The summed E-state index contributed by atoms with van der Waals surface area (Å²) >= 11 is 0. The summed E-state index contributed by atoms with van der Waals surface area (Å²) in [4.78, 5) is 0. The maximum atomic E-state index is 5.62. The van der Waals surface area contributed by atoms with E-state index in [2.05, 4.69) is 26.1 Å². The zero-order valence-electron chi connectivity index (χ0n) is 8.73. The molecule has 0 aromatic carbocycles. The van der Waals surface area contributed by atoms with E-state index in [9.17, 15) is 0 Å². The monoisotopic (exact) mass is 173 g/mol. The molecule has 0 saturated heterocycles. The van der Waals surface area contributed by atoms with Crippen LogP contribution in [0.1, 0.15) is 46.5 Å². The summed E-state index contributed by atoms with van der Waals surface area (Å²) in [6.07, 6.45) is 4.89. The lowest BCUT2D eigenvalue weighted by molar-refractivity contribution is 0.0259. The first-order chi connectivity index (χ1) is 5.85. The molecule has 0 amide bonds. The standard InChI is InChI=1S/C10H23NO/c1-4-7-9-12-10(6-3)11-8-5-2/h10-11H,4-9H2,1-3H3. The Morgan fingerprint density at radius 1 is 1.17 bits per heavy atom. The smallest absolute Gasteiger partial charge is 0.107 e. The van der Waals surface area contributed by atoms with Crippen molar-refractivity contribution >= 4 is 0 Å². The second kappa shape index (κ2) is 9.01. The number of nitrogens with one attached hydrogen (secondary N) is 1. The molecular weight excluding hydrogens is 150 g/mol. The molecule has 1 N–H and O–H groups in total. The van der Waals surface area contributed by atoms with Crippen LogP contribution < -0.4 is 5.32 Å². The molecule has 12 heavy (non-hydrogen) atoms. The summed E-state index contributed by atoms with van der Waals surface area (Å²) < 4.78 is 5.62. The van der Waals surface area contributed by atoms with Gasteiger partial charge in [0.1, 0.15) is 6.23 Å². The Kier molecular flexibility index (Phi) is 8.95. The number of unbranched alkanes of at least 4 members (excludes halogenated alkanes) is 1. The van der Waals surface area contributed by atoms with Crippen molar-refractivity contribution in [2.45, 2.75) is 52.7 Å². The molecule has 0 heterocycles. The third-order valence-corrected chi connectivity index (χ3v) is 1.81. The van der Waals surface area contributed by atoms with Crippen molar-refractivity contribution in [3.8, 4) is 0 Å². The highest BCUT2D eigenvalue weighted by molar-refractivity contribution is 4.52. The summed E-state index contributed by atoms with van der Waals surface area (Å²) in [6, 6.07) is 0. The fourth-order valence-electron chi connectivity index (χ4n) is 0.996. The zero-order chi connectivity index (χ0) is 9.23. The highest BCUT2D eigenvalue weighted by atomic mass is 16.5. The number of rotatable bonds is 8. The van der Waals surface area contributed by atoms with Crippen molar-refractivity contribution in [3.63, 3.8) is 0 Å². The molecule has 1 unspecified atom stereocenters. The number of hydrogen-bond acceptors (Lipinski definition) is 2. The first-order valence-corrected chi connectivity index (χ1v) is 5.20. The van der Waals surface area contributed by atoms with E-state index in [1.54, 1.807) is 0 Å². The van der Waals surface area contributed by atoms with E-state index in [1.807, 2.05) is 0 Å². The van der Waals surface area contributed by atoms with Gasteiger partial charge in [0, 0.05) is 6.61 Å². The minimum absolute atomic E-state index is 0.275. The molecule has 0 aliphatic heterocycles. The maximum absolute atomic E-state index is 5.62. The van der Waals surface area contributed by atoms with Gasteiger partial charge in [0.05, 0.1) is 0 Å². The summed E-state index contributed by atoms with van der Waals surface area (Å²) in [7, 11) is 0. The van der Waals surface area contributed by atoms with E-state index >= 15 is 0 Å². The van der Waals surface area contributed by atoms with Gasteiger partial charge >= 0.3 is 0 Å². The zero-order valence-corrected chi connectivity index (χ0v) is 8.73. The van der Waals surface area contributed by atoms with Crippen molar-refractivity contribution in [3.05, 3.63) is 0 Å². The van der Waals surface area contributed by atoms with Gasteiger partial charge in [-0.25, -0.2) is 0 Å². The lowest BCUT2D eigenvalue weighted by Gasteiger charge is -2.16. The van der Waals surface area contributed by atoms with Crippen LogP contribution in [0, 0.1) is 0 Å². The quantitative estimate of drug-likeness (QED) is 0.450. The molecule has 0 radical (unpaired) electrons. The first-order valence-electron chi connectivity index (χ1n) is 5.20. The van der Waals surface area contributed by atoms with E-state index in [0.29, 0.717) is 0 Å². The van der Waals surface area contributed by atoms with E-state index in [4.69, 9.17) is 4.74 Å². The third kappa shape index (κ3) is 6.62. The number of ether oxygens (including phenoxy) is 1. The van der Waals surface area contributed by atoms with E-state index in [-0.39, 0.29) is 6.23 Å². The van der Waals surface area contributed by atoms with Crippen LogP contribution in [0.2, 0.25) is 0 Å². The molecule has 0 bridgehead atoms. The van der Waals surface area contributed by atoms with Crippen molar-refractivity contribution < 1.29 is 4.74 Å². The molecular formula is C10H23NO. The van der Waals surface area contributed by atoms with E-state index in [1.165, 1.54) is 19.3 Å². The van der Waals surface area contributed by atoms with Crippen LogP contribution in [-0.4, -0.2) is 19.4 Å². The van der Waals surface area contributed by atoms with Gasteiger partial charge in [0.2, 0.25) is 0 Å². The van der Waals surface area contributed by atoms with Crippen LogP contribution in [0.3, 0.4) is 0 Å². The predicted molar refractivity (Wildman–Crippen MR) is 53.2 cm³/mol. The summed E-state index contributed by atoms with van der Waals surface area (Å²) in [6.45, 7) is 8.46. The van der Waals surface area contributed by atoms with Gasteiger partial charge in [-0.3, -0.25) is 5.32 Å². The minimum atomic E-state index is 0.275. The third-order valence-electron chi connectivity index (χ3n) is 1.81. The Hall–Kier alpha value is -0.0800. The molecule has 0 rings (SSSR count). The van der Waals surface area contributed by atoms with Crippen molar-refractivity contribution in [2.24, 2.45) is 0 Å². The molecule has 74 valence electrons. The van der Waals surface area contributed by atoms with Crippen molar-refractivity contribution in [1.29, 1.82) is 0 Å². The van der Waals surface area contributed by atoms with Crippen LogP contribution in [0.4, 0.5) is 0 Å². The Balaban J connectivity index is 3.26. The number of hydrogen-bond donors (Lipinski definition) is 1. The lowest BCUT2D eigenvalue weighted by Crippen LogP contribution is -2.32. The average Bonchev–Trinajstić information content (AvgIpc) is 2.11. The second-order valence-corrected chi connectivity index (χ2v) is 3.08. The second-order valence-electron chi connectivity index (χ2n) is 3.08. The predicted octanol–water partition coefficient (Wildman–Crippen LogP) is 2.54. The molecule has 0 aliphatic rings. The Bertz CT molecular complexity index is 85.9. The summed E-state index contributed by atoms with van der Waals surface area (Å²) in [5.41, 5.74) is 0. The fourth-order valence-corrected chi connectivity index (χ4v) is 0.996. The van der Waals surface area contributed by atoms with Gasteiger partial charge in [0.25, 0.3) is 0 Å². The van der Waals surface area contributed by atoms with Crippen molar-refractivity contribution in [1.82, 2.24) is 5.32 Å². The molecule has 0 aromatic heterocycles. The highest BCUT2D eigenvalue weighted by Crippen LogP contribution is 1.96. The Morgan fingerprint density at radius 3 is 2.42 bits per heavy atom. The minimum Gasteiger partial charge on any atom is -0.363 e. The molecule has 0 fully saturated rings. The Labute approximate surface area is 76.7 Å². The van der Waals surface area contributed by atoms with Gasteiger partial charge in [0.15, 0.2) is 0 Å². The van der Waals surface area contributed by atoms with Crippen LogP contribution in [0.25, 0.3) is 0 Å². The fraction of sp³-hybridized carbons (Fsp3) is 1.00. The molecule has 2 nitrogen and oxygen atoms in total. The molecule has 0 aliphatic carbocycles. The van der Waals surface area contributed by atoms with Gasteiger partial charge in [-0.1, -0.05) is 27.2 Å². The molecule has 0 spiro atoms. The van der Waals surface area contributed by atoms with E-state index < -0.39 is 0 Å².